The number of amides is 2. The first-order valence-corrected chi connectivity index (χ1v) is 37.5. The second kappa shape index (κ2) is 39.2. The first kappa shape index (κ1) is 80.5. The topological polar surface area (TPSA) is 323 Å². The third kappa shape index (κ3) is 29.7. The Kier molecular flexibility index (Phi) is 35.1. The average Bonchev–Trinajstić information content (AvgIpc) is 1.80. The van der Waals surface area contributed by atoms with Gasteiger partial charge in [-0.25, -0.2) is 43.6 Å². The molecule has 4 N–H and O–H groups in total. The van der Waals surface area contributed by atoms with E-state index in [1.807, 2.05) is 33.8 Å². The maximum absolute atomic E-state index is 12.0. The van der Waals surface area contributed by atoms with E-state index in [4.69, 9.17) is 50.3 Å². The molecule has 0 aromatic carbocycles. The van der Waals surface area contributed by atoms with Crippen LogP contribution in [0.3, 0.4) is 0 Å². The van der Waals surface area contributed by atoms with Crippen LogP contribution >= 0.6 is 81.7 Å². The minimum absolute atomic E-state index is 0. The van der Waals surface area contributed by atoms with Gasteiger partial charge in [0.15, 0.2) is 9.84 Å². The SMILES string of the molecule is CC(=O)Nc1cc(-c2cncc(N3CCCS3(=O)=O)c2)ccn1.CC(=O)Nc1cc(B2OC(C)(C)C(C)(C)O2)ccn1.Nc1cncc(Br)c1.O=S(=O)(CCCCl)Cc1cncc(Br)c1.O=S(=O)(Cl)CCCCl.O=S1(=O)CCCN1c1cncc(Br)c1.[2H]CF.[H-].[Na+]. The summed E-state index contributed by atoms with van der Waals surface area (Å²) in [5, 5.41) is 5.27. The summed E-state index contributed by atoms with van der Waals surface area (Å²) in [6.07, 6.45) is 18.3. The number of hydrogen-bond donors (Lipinski definition) is 3. The van der Waals surface area contributed by atoms with Crippen LogP contribution in [0, 0.1) is 0 Å². The Labute approximate surface area is 591 Å². The van der Waals surface area contributed by atoms with Crippen LogP contribution in [-0.4, -0.2) is 149 Å². The first-order valence-electron chi connectivity index (χ1n) is 27.2. The number of anilines is 5. The zero-order valence-electron chi connectivity index (χ0n) is 52.2. The van der Waals surface area contributed by atoms with Crippen molar-refractivity contribution in [2.75, 3.05) is 80.0 Å². The van der Waals surface area contributed by atoms with E-state index in [-0.39, 0.29) is 82.8 Å². The Morgan fingerprint density at radius 3 is 1.59 bits per heavy atom. The van der Waals surface area contributed by atoms with E-state index in [2.05, 4.69) is 88.3 Å². The maximum atomic E-state index is 12.0. The molecule has 3 aliphatic rings. The largest absolute Gasteiger partial charge is 1.00 e. The molecule has 6 aromatic rings. The van der Waals surface area contributed by atoms with E-state index in [1.165, 1.54) is 22.5 Å². The van der Waals surface area contributed by atoms with Crippen molar-refractivity contribution in [2.24, 2.45) is 0 Å². The summed E-state index contributed by atoms with van der Waals surface area (Å²) in [4.78, 5) is 46.1. The van der Waals surface area contributed by atoms with Gasteiger partial charge >= 0.3 is 36.7 Å². The van der Waals surface area contributed by atoms with Gasteiger partial charge in [-0.05, 0) is 166 Å². The summed E-state index contributed by atoms with van der Waals surface area (Å²) < 4.78 is 123. The van der Waals surface area contributed by atoms with Crippen molar-refractivity contribution in [3.8, 4) is 11.1 Å². The van der Waals surface area contributed by atoms with E-state index < -0.39 is 53.2 Å². The Morgan fingerprint density at radius 2 is 1.16 bits per heavy atom. The van der Waals surface area contributed by atoms with E-state index in [0.717, 1.165) is 30.0 Å². The molecule has 0 unspecified atom stereocenters. The molecule has 90 heavy (non-hydrogen) atoms. The summed E-state index contributed by atoms with van der Waals surface area (Å²) in [7, 11) is -9.30. The Bertz CT molecular complexity index is 3760. The van der Waals surface area contributed by atoms with Gasteiger partial charge in [0.2, 0.25) is 40.9 Å². The quantitative estimate of drug-likeness (QED) is 0.0558. The summed E-state index contributed by atoms with van der Waals surface area (Å²) >= 11 is 20.4. The van der Waals surface area contributed by atoms with E-state index in [1.54, 1.807) is 104 Å². The van der Waals surface area contributed by atoms with Crippen LogP contribution in [0.1, 0.15) is 75.6 Å². The Balaban J connectivity index is 0.000000563. The number of pyridine rings is 6. The van der Waals surface area contributed by atoms with Crippen molar-refractivity contribution in [2.45, 2.75) is 84.2 Å². The van der Waals surface area contributed by atoms with Gasteiger partial charge in [-0.3, -0.25) is 42.5 Å². The molecule has 0 radical (unpaired) electrons. The monoisotopic (exact) mass is 1590 g/mol. The zero-order chi connectivity index (χ0) is 67.5. The molecule has 36 heteroatoms. The van der Waals surface area contributed by atoms with Crippen LogP contribution < -0.4 is 60.0 Å². The van der Waals surface area contributed by atoms with Crippen molar-refractivity contribution in [1.82, 2.24) is 29.9 Å². The molecular weight excluding hydrogens is 1520 g/mol. The van der Waals surface area contributed by atoms with Crippen LogP contribution in [0.2, 0.25) is 0 Å². The molecule has 0 atom stereocenters. The Hall–Kier alpha value is -3.74. The number of hydrogen-bond acceptors (Lipinski definition) is 19. The van der Waals surface area contributed by atoms with Crippen LogP contribution in [0.25, 0.3) is 11.1 Å². The van der Waals surface area contributed by atoms with Gasteiger partial charge < -0.3 is 27.1 Å². The molecule has 0 aliphatic carbocycles. The summed E-state index contributed by atoms with van der Waals surface area (Å²) in [6.45, 7) is 11.9. The molecule has 9 rings (SSSR count). The molecule has 0 bridgehead atoms. The number of carbonyl (C=O) groups is 2. The molecule has 23 nitrogen and oxygen atoms in total. The fraction of sp³-hybridized carbons (Fsp3) is 0.407. The van der Waals surface area contributed by atoms with Crippen LogP contribution in [0.15, 0.2) is 124 Å². The average molecular weight is 1590 g/mol. The minimum atomic E-state index is -3.30. The van der Waals surface area contributed by atoms with Gasteiger partial charge in [-0.15, -0.1) is 23.2 Å². The predicted octanol–water partition coefficient (Wildman–Crippen LogP) is 7.07. The molecule has 9 heterocycles. The number of nitrogen functional groups attached to an aromatic ring is 1. The van der Waals surface area contributed by atoms with Crippen LogP contribution in [-0.2, 0) is 63.6 Å². The second-order valence-electron chi connectivity index (χ2n) is 20.0. The molecule has 0 saturated carbocycles. The normalized spacial score (nSPS) is 15.6. The van der Waals surface area contributed by atoms with E-state index in [0.29, 0.717) is 84.8 Å². The van der Waals surface area contributed by atoms with Gasteiger partial charge in [-0.1, -0.05) is 0 Å². The summed E-state index contributed by atoms with van der Waals surface area (Å²) in [5.74, 6) is 1.81. The van der Waals surface area contributed by atoms with Gasteiger partial charge in [0.1, 0.15) is 11.6 Å². The number of nitrogens with zero attached hydrogens (tertiary/aromatic N) is 8. The van der Waals surface area contributed by atoms with Crippen LogP contribution in [0.5, 0.6) is 0 Å². The van der Waals surface area contributed by atoms with Gasteiger partial charge in [-0.2, -0.15) is 0 Å². The van der Waals surface area contributed by atoms with Crippen molar-refractivity contribution >= 4 is 174 Å². The fourth-order valence-corrected chi connectivity index (χ4v) is 14.6. The molecule has 3 aliphatic heterocycles. The van der Waals surface area contributed by atoms with Crippen molar-refractivity contribution in [3.05, 3.63) is 129 Å². The van der Waals surface area contributed by atoms with Crippen molar-refractivity contribution in [1.29, 1.82) is 0 Å². The third-order valence-corrected chi connectivity index (χ3v) is 20.7. The van der Waals surface area contributed by atoms with E-state index in [9.17, 15) is 47.7 Å². The third-order valence-electron chi connectivity index (χ3n) is 12.2. The van der Waals surface area contributed by atoms with Crippen molar-refractivity contribution in [3.63, 3.8) is 0 Å². The minimum Gasteiger partial charge on any atom is -1.00 e. The molecule has 3 saturated heterocycles. The van der Waals surface area contributed by atoms with Gasteiger partial charge in [0.05, 0.1) is 77.9 Å². The standard InChI is InChI=1S/C15H16N4O3S.C13H19BN2O3.C9H11BrClNO2S.C8H9BrN2O2S.C5H5BrN2.C3H6Cl2O2S.CH3F.Na.H/c1-11(20)18-15-8-12(3-4-17-15)13-7-14(10-16-9-13)19-5-2-6-23(19,21)22;1-9(17)16-11-8-10(6-7-15-11)14-18-12(2,3)13(4,5)19-14;10-9-4-8(5-12-6-9)7-15(13,14)3-1-2-11;9-7-4-8(6-10-5-7)11-2-1-3-14(11,12)13;6-4-1-5(7)3-8-2-4;4-2-1-3-8(5,6)7;1-2;;/h3-4,7-10H,2,5-6H2,1H3,(H,17,18,20);6-8H,1-5H3,(H,15,16,17);4-6H,1-3,7H2;4-6H,1-3H2;1-3H,7H2;1-3H2;1H3;;/q;;;;;;;+1;-1/i;;;;;;1D;;. The van der Waals surface area contributed by atoms with E-state index >= 15 is 0 Å². The Morgan fingerprint density at radius 1 is 0.700 bits per heavy atom. The maximum Gasteiger partial charge on any atom is 1.00 e. The van der Waals surface area contributed by atoms with Crippen molar-refractivity contribution < 1.29 is 89.3 Å². The fourth-order valence-electron chi connectivity index (χ4n) is 7.59. The number of alkyl halides is 3. The molecule has 6 aromatic heterocycles. The number of sulfonamides is 2. The smallest absolute Gasteiger partial charge is 1.00 e. The molecule has 490 valence electrons. The second-order valence-corrected chi connectivity index (χ2v) is 32.6. The number of carbonyl (C=O) groups excluding carboxylic acids is 2. The zero-order valence-corrected chi connectivity index (χ0v) is 62.5. The number of nitrogens with one attached hydrogen (secondary N) is 2. The number of rotatable bonds is 14. The molecule has 3 fully saturated rings. The summed E-state index contributed by atoms with van der Waals surface area (Å²) in [5.41, 5.74) is 9.58. The number of sulfone groups is 1. The molecule has 2 amide bonds. The molecule has 0 spiro atoms. The number of nitrogens with two attached hydrogens (primary N) is 1. The number of aromatic nitrogens is 6. The number of halogens is 7. The van der Waals surface area contributed by atoms with Gasteiger partial charge in [0, 0.05) is 118 Å². The van der Waals surface area contributed by atoms with Gasteiger partial charge in [0.25, 0.3) is 0 Å². The van der Waals surface area contributed by atoms with Crippen LogP contribution in [0.4, 0.5) is 33.1 Å². The predicted molar refractivity (Wildman–Crippen MR) is 364 cm³/mol. The summed E-state index contributed by atoms with van der Waals surface area (Å²) in [6, 6.07) is 14.2. The molecular formula is C54H70BBr3Cl3FN11NaO12S4. The first-order chi connectivity index (χ1) is 42.1.